The van der Waals surface area contributed by atoms with Crippen LogP contribution in [-0.4, -0.2) is 7.11 Å². The van der Waals surface area contributed by atoms with Crippen LogP contribution >= 0.6 is 0 Å². The van der Waals surface area contributed by atoms with Gasteiger partial charge in [-0.3, -0.25) is 0 Å². The first kappa shape index (κ1) is 15.9. The van der Waals surface area contributed by atoms with E-state index in [1.807, 2.05) is 48.5 Å². The van der Waals surface area contributed by atoms with Crippen molar-refractivity contribution in [1.29, 1.82) is 0 Å². The van der Waals surface area contributed by atoms with E-state index >= 15 is 0 Å². The summed E-state index contributed by atoms with van der Waals surface area (Å²) in [6.45, 7) is 2.81. The SMILES string of the molecule is COc1ccc(Oc2ccccc2)c(NCc2ccc(C)cc2)c1. The molecule has 0 fully saturated rings. The molecule has 0 spiro atoms. The van der Waals surface area contributed by atoms with Crippen LogP contribution in [0.1, 0.15) is 11.1 Å². The fraction of sp³-hybridized carbons (Fsp3) is 0.143. The lowest BCUT2D eigenvalue weighted by Crippen LogP contribution is -2.01. The molecule has 0 radical (unpaired) electrons. The predicted molar refractivity (Wildman–Crippen MR) is 98.0 cm³/mol. The van der Waals surface area contributed by atoms with Gasteiger partial charge < -0.3 is 14.8 Å². The van der Waals surface area contributed by atoms with Gasteiger partial charge in [0.25, 0.3) is 0 Å². The molecule has 0 amide bonds. The highest BCUT2D eigenvalue weighted by atomic mass is 16.5. The van der Waals surface area contributed by atoms with Crippen molar-refractivity contribution in [2.24, 2.45) is 0 Å². The fourth-order valence-electron chi connectivity index (χ4n) is 2.38. The number of rotatable bonds is 6. The molecule has 0 aliphatic rings. The molecule has 3 aromatic carbocycles. The van der Waals surface area contributed by atoms with Gasteiger partial charge in [-0.05, 0) is 36.8 Å². The first-order valence-corrected chi connectivity index (χ1v) is 7.95. The predicted octanol–water partition coefficient (Wildman–Crippen LogP) is 5.41. The summed E-state index contributed by atoms with van der Waals surface area (Å²) in [5.41, 5.74) is 3.38. The normalized spacial score (nSPS) is 10.2. The Labute approximate surface area is 142 Å². The Hall–Kier alpha value is -2.94. The van der Waals surface area contributed by atoms with Crippen LogP contribution in [0, 0.1) is 6.92 Å². The second kappa shape index (κ2) is 7.55. The van der Waals surface area contributed by atoms with Crippen molar-refractivity contribution in [3.05, 3.63) is 83.9 Å². The van der Waals surface area contributed by atoms with Crippen molar-refractivity contribution in [1.82, 2.24) is 0 Å². The lowest BCUT2D eigenvalue weighted by Gasteiger charge is -2.14. The highest BCUT2D eigenvalue weighted by Gasteiger charge is 2.07. The highest BCUT2D eigenvalue weighted by molar-refractivity contribution is 5.61. The number of para-hydroxylation sites is 1. The summed E-state index contributed by atoms with van der Waals surface area (Å²) in [6.07, 6.45) is 0. The van der Waals surface area contributed by atoms with E-state index in [4.69, 9.17) is 9.47 Å². The molecular formula is C21H21NO2. The van der Waals surface area contributed by atoms with E-state index in [1.165, 1.54) is 11.1 Å². The molecule has 1 N–H and O–H groups in total. The molecule has 3 aromatic rings. The summed E-state index contributed by atoms with van der Waals surface area (Å²) in [6, 6.07) is 24.0. The molecule has 3 heteroatoms. The monoisotopic (exact) mass is 319 g/mol. The Bertz CT molecular complexity index is 783. The van der Waals surface area contributed by atoms with Gasteiger partial charge in [-0.1, -0.05) is 48.0 Å². The molecule has 3 rings (SSSR count). The first-order valence-electron chi connectivity index (χ1n) is 7.95. The van der Waals surface area contributed by atoms with E-state index in [0.717, 1.165) is 29.5 Å². The Morgan fingerprint density at radius 1 is 0.833 bits per heavy atom. The number of nitrogens with one attached hydrogen (secondary N) is 1. The third-order valence-electron chi connectivity index (χ3n) is 3.76. The van der Waals surface area contributed by atoms with E-state index in [1.54, 1.807) is 7.11 Å². The van der Waals surface area contributed by atoms with E-state index in [9.17, 15) is 0 Å². The largest absolute Gasteiger partial charge is 0.497 e. The summed E-state index contributed by atoms with van der Waals surface area (Å²) < 4.78 is 11.3. The maximum absolute atomic E-state index is 6.00. The van der Waals surface area contributed by atoms with Gasteiger partial charge in [0.2, 0.25) is 0 Å². The molecule has 0 unspecified atom stereocenters. The molecule has 0 aliphatic carbocycles. The van der Waals surface area contributed by atoms with Crippen molar-refractivity contribution < 1.29 is 9.47 Å². The number of anilines is 1. The minimum atomic E-state index is 0.721. The Morgan fingerprint density at radius 3 is 2.29 bits per heavy atom. The molecule has 0 saturated heterocycles. The zero-order valence-electron chi connectivity index (χ0n) is 14.0. The Balaban J connectivity index is 1.80. The van der Waals surface area contributed by atoms with Gasteiger partial charge in [-0.15, -0.1) is 0 Å². The molecule has 0 heterocycles. The van der Waals surface area contributed by atoms with Gasteiger partial charge in [0.15, 0.2) is 5.75 Å². The minimum Gasteiger partial charge on any atom is -0.497 e. The molecule has 0 atom stereocenters. The average molecular weight is 319 g/mol. The number of aryl methyl sites for hydroxylation is 1. The van der Waals surface area contributed by atoms with Gasteiger partial charge in [-0.25, -0.2) is 0 Å². The number of benzene rings is 3. The molecule has 0 aliphatic heterocycles. The lowest BCUT2D eigenvalue weighted by molar-refractivity contribution is 0.413. The maximum Gasteiger partial charge on any atom is 0.150 e. The summed E-state index contributed by atoms with van der Waals surface area (Å²) >= 11 is 0. The average Bonchev–Trinajstić information content (AvgIpc) is 2.63. The van der Waals surface area contributed by atoms with E-state index in [2.05, 4.69) is 36.5 Å². The summed E-state index contributed by atoms with van der Waals surface area (Å²) in [5, 5.41) is 3.44. The molecule has 0 bridgehead atoms. The fourth-order valence-corrected chi connectivity index (χ4v) is 2.38. The standard InChI is InChI=1S/C21H21NO2/c1-16-8-10-17(11-9-16)15-22-20-14-19(23-2)12-13-21(20)24-18-6-4-3-5-7-18/h3-14,22H,15H2,1-2H3. The van der Waals surface area contributed by atoms with Crippen LogP contribution in [0.25, 0.3) is 0 Å². The lowest BCUT2D eigenvalue weighted by atomic mass is 10.1. The first-order chi connectivity index (χ1) is 11.7. The Kier molecular flexibility index (Phi) is 5.02. The van der Waals surface area contributed by atoms with Gasteiger partial charge in [0.1, 0.15) is 11.5 Å². The third kappa shape index (κ3) is 4.07. The smallest absolute Gasteiger partial charge is 0.150 e. The van der Waals surface area contributed by atoms with Crippen molar-refractivity contribution >= 4 is 5.69 Å². The van der Waals surface area contributed by atoms with Crippen LogP contribution in [0.5, 0.6) is 17.2 Å². The van der Waals surface area contributed by atoms with Crippen molar-refractivity contribution in [3.8, 4) is 17.2 Å². The van der Waals surface area contributed by atoms with Gasteiger partial charge >= 0.3 is 0 Å². The highest BCUT2D eigenvalue weighted by Crippen LogP contribution is 2.33. The van der Waals surface area contributed by atoms with Gasteiger partial charge in [-0.2, -0.15) is 0 Å². The van der Waals surface area contributed by atoms with E-state index in [-0.39, 0.29) is 0 Å². The second-order valence-electron chi connectivity index (χ2n) is 5.62. The van der Waals surface area contributed by atoms with Crippen LogP contribution in [0.4, 0.5) is 5.69 Å². The number of methoxy groups -OCH3 is 1. The van der Waals surface area contributed by atoms with Gasteiger partial charge in [0.05, 0.1) is 12.8 Å². The summed E-state index contributed by atoms with van der Waals surface area (Å²) in [5.74, 6) is 2.37. The molecular weight excluding hydrogens is 298 g/mol. The quantitative estimate of drug-likeness (QED) is 0.659. The molecule has 0 saturated carbocycles. The van der Waals surface area contributed by atoms with E-state index < -0.39 is 0 Å². The van der Waals surface area contributed by atoms with Crippen LogP contribution in [0.3, 0.4) is 0 Å². The van der Waals surface area contributed by atoms with Crippen LogP contribution < -0.4 is 14.8 Å². The Morgan fingerprint density at radius 2 is 1.58 bits per heavy atom. The molecule has 24 heavy (non-hydrogen) atoms. The summed E-state index contributed by atoms with van der Waals surface area (Å²) in [4.78, 5) is 0. The van der Waals surface area contributed by atoms with Crippen molar-refractivity contribution in [3.63, 3.8) is 0 Å². The zero-order chi connectivity index (χ0) is 16.8. The van der Waals surface area contributed by atoms with E-state index in [0.29, 0.717) is 0 Å². The van der Waals surface area contributed by atoms with Crippen molar-refractivity contribution in [2.45, 2.75) is 13.5 Å². The second-order valence-corrected chi connectivity index (χ2v) is 5.62. The minimum absolute atomic E-state index is 0.721. The number of ether oxygens (including phenoxy) is 2. The van der Waals surface area contributed by atoms with Crippen LogP contribution in [0.15, 0.2) is 72.8 Å². The van der Waals surface area contributed by atoms with Crippen molar-refractivity contribution in [2.75, 3.05) is 12.4 Å². The topological polar surface area (TPSA) is 30.5 Å². The number of hydrogen-bond acceptors (Lipinski definition) is 3. The molecule has 3 nitrogen and oxygen atoms in total. The van der Waals surface area contributed by atoms with Crippen LogP contribution in [-0.2, 0) is 6.54 Å². The maximum atomic E-state index is 6.00. The van der Waals surface area contributed by atoms with Gasteiger partial charge in [0, 0.05) is 12.6 Å². The zero-order valence-corrected chi connectivity index (χ0v) is 14.0. The summed E-state index contributed by atoms with van der Waals surface area (Å²) in [7, 11) is 1.66. The van der Waals surface area contributed by atoms with Crippen LogP contribution in [0.2, 0.25) is 0 Å². The molecule has 122 valence electrons. The third-order valence-corrected chi connectivity index (χ3v) is 3.76. The molecule has 0 aromatic heterocycles. The number of hydrogen-bond donors (Lipinski definition) is 1.